The Kier molecular flexibility index (Phi) is 5.33. The normalized spacial score (nSPS) is 16.7. The Morgan fingerprint density at radius 1 is 1.18 bits per heavy atom. The smallest absolute Gasteiger partial charge is 0.259 e. The Balaban J connectivity index is 1.41. The van der Waals surface area contributed by atoms with Gasteiger partial charge in [0, 0.05) is 24.9 Å². The number of pyridine rings is 1. The summed E-state index contributed by atoms with van der Waals surface area (Å²) in [5, 5.41) is 6.64. The fraction of sp³-hybridized carbons (Fsp3) is 0.381. The van der Waals surface area contributed by atoms with Gasteiger partial charge in [0.2, 0.25) is 0 Å². The van der Waals surface area contributed by atoms with Gasteiger partial charge in [0.25, 0.3) is 10.0 Å². The van der Waals surface area contributed by atoms with Gasteiger partial charge in [-0.15, -0.1) is 0 Å². The summed E-state index contributed by atoms with van der Waals surface area (Å²) in [5.74, 6) is 2.43. The van der Waals surface area contributed by atoms with Crippen molar-refractivity contribution in [2.24, 2.45) is 0 Å². The molecule has 0 amide bonds. The molecule has 0 aliphatic carbocycles. The Hall–Kier alpha value is -3.38. The zero-order valence-electron chi connectivity index (χ0n) is 18.5. The molecule has 1 N–H and O–H groups in total. The number of imidazole rings is 1. The highest BCUT2D eigenvalue weighted by Gasteiger charge is 2.32. The van der Waals surface area contributed by atoms with Gasteiger partial charge in [-0.2, -0.15) is 9.19 Å². The molecule has 11 nitrogen and oxygen atoms in total. The van der Waals surface area contributed by atoms with Crippen LogP contribution in [0, 0.1) is 6.92 Å². The minimum absolute atomic E-state index is 0.181. The summed E-state index contributed by atoms with van der Waals surface area (Å²) >= 11 is 0. The van der Waals surface area contributed by atoms with Crippen molar-refractivity contribution in [3.05, 3.63) is 42.7 Å². The van der Waals surface area contributed by atoms with Crippen LogP contribution in [0.1, 0.15) is 32.1 Å². The van der Waals surface area contributed by atoms with Gasteiger partial charge in [-0.25, -0.2) is 28.4 Å². The highest BCUT2D eigenvalue weighted by atomic mass is 32.2. The summed E-state index contributed by atoms with van der Waals surface area (Å²) in [6.45, 7) is 6.81. The third-order valence-corrected chi connectivity index (χ3v) is 7.50. The molecule has 12 heteroatoms. The maximum Gasteiger partial charge on any atom is 0.259 e. The van der Waals surface area contributed by atoms with E-state index in [0.717, 1.165) is 20.9 Å². The van der Waals surface area contributed by atoms with Gasteiger partial charge in [-0.1, -0.05) is 0 Å². The standard InChI is InChI=1S/C21H24N8O3S/c1-13(2)29-14(3)25-17-10-23-20(8-18(17)29)26-19-4-6-22-21(27-19)15-9-24-28(11-15)33(30,31)16-5-7-32-12-16/h4,6,8-11,13,16H,5,7,12H2,1-3H3,(H,22,23,26,27). The van der Waals surface area contributed by atoms with E-state index in [2.05, 4.69) is 48.8 Å². The number of aryl methyl sites for hydroxylation is 1. The van der Waals surface area contributed by atoms with Crippen molar-refractivity contribution in [3.8, 4) is 11.4 Å². The largest absolute Gasteiger partial charge is 0.380 e. The summed E-state index contributed by atoms with van der Waals surface area (Å²) in [6, 6.07) is 3.92. The molecule has 1 atom stereocenters. The monoisotopic (exact) mass is 468 g/mol. The zero-order chi connectivity index (χ0) is 23.2. The summed E-state index contributed by atoms with van der Waals surface area (Å²) in [6.07, 6.45) is 6.66. The molecule has 1 fully saturated rings. The van der Waals surface area contributed by atoms with Crippen molar-refractivity contribution < 1.29 is 13.2 Å². The quantitative estimate of drug-likeness (QED) is 0.454. The topological polar surface area (TPSA) is 130 Å². The van der Waals surface area contributed by atoms with E-state index in [0.29, 0.717) is 36.1 Å². The van der Waals surface area contributed by atoms with Crippen molar-refractivity contribution in [2.75, 3.05) is 18.5 Å². The number of ether oxygens (including phenoxy) is 1. The Labute approximate surface area is 190 Å². The molecule has 1 aliphatic heterocycles. The molecule has 33 heavy (non-hydrogen) atoms. The molecule has 0 spiro atoms. The predicted molar refractivity (Wildman–Crippen MR) is 123 cm³/mol. The molecule has 5 heterocycles. The number of hydrogen-bond acceptors (Lipinski definition) is 9. The molecule has 0 bridgehead atoms. The molecule has 4 aromatic heterocycles. The van der Waals surface area contributed by atoms with Crippen LogP contribution in [0.15, 0.2) is 36.9 Å². The van der Waals surface area contributed by atoms with E-state index in [1.54, 1.807) is 18.5 Å². The third kappa shape index (κ3) is 3.95. The lowest BCUT2D eigenvalue weighted by Gasteiger charge is -2.11. The average Bonchev–Trinajstić information content (AvgIpc) is 3.53. The van der Waals surface area contributed by atoms with E-state index in [4.69, 9.17) is 4.74 Å². The van der Waals surface area contributed by atoms with Crippen molar-refractivity contribution in [2.45, 2.75) is 38.5 Å². The second-order valence-corrected chi connectivity index (χ2v) is 10.3. The van der Waals surface area contributed by atoms with Crippen molar-refractivity contribution >= 4 is 32.7 Å². The van der Waals surface area contributed by atoms with Crippen molar-refractivity contribution in [1.29, 1.82) is 0 Å². The Morgan fingerprint density at radius 3 is 2.79 bits per heavy atom. The molecule has 5 rings (SSSR count). The van der Waals surface area contributed by atoms with E-state index >= 15 is 0 Å². The first-order chi connectivity index (χ1) is 15.8. The third-order valence-electron chi connectivity index (χ3n) is 5.57. The van der Waals surface area contributed by atoms with Gasteiger partial charge in [-0.3, -0.25) is 0 Å². The SMILES string of the molecule is Cc1nc2cnc(Nc3ccnc(-c4cnn(S(=O)(=O)C5CCOC5)c4)n3)cc2n1C(C)C. The van der Waals surface area contributed by atoms with Gasteiger partial charge < -0.3 is 14.6 Å². The molecular weight excluding hydrogens is 444 g/mol. The van der Waals surface area contributed by atoms with E-state index in [1.165, 1.54) is 12.4 Å². The van der Waals surface area contributed by atoms with Crippen LogP contribution in [0.5, 0.6) is 0 Å². The minimum atomic E-state index is -3.62. The van der Waals surface area contributed by atoms with Crippen LogP contribution in [-0.4, -0.2) is 60.6 Å². The van der Waals surface area contributed by atoms with Crippen LogP contribution in [0.2, 0.25) is 0 Å². The van der Waals surface area contributed by atoms with E-state index in [1.807, 2.05) is 13.0 Å². The molecule has 172 valence electrons. The highest BCUT2D eigenvalue weighted by Crippen LogP contribution is 2.25. The van der Waals surface area contributed by atoms with Crippen LogP contribution in [-0.2, 0) is 14.8 Å². The van der Waals surface area contributed by atoms with Crippen LogP contribution in [0.4, 0.5) is 11.6 Å². The highest BCUT2D eigenvalue weighted by molar-refractivity contribution is 7.90. The van der Waals surface area contributed by atoms with Crippen molar-refractivity contribution in [1.82, 2.24) is 33.7 Å². The predicted octanol–water partition coefficient (Wildman–Crippen LogP) is 2.68. The first-order valence-electron chi connectivity index (χ1n) is 10.6. The van der Waals surface area contributed by atoms with Gasteiger partial charge in [0.05, 0.1) is 36.3 Å². The fourth-order valence-corrected chi connectivity index (χ4v) is 5.40. The molecule has 0 saturated carbocycles. The number of rotatable bonds is 6. The van der Waals surface area contributed by atoms with E-state index in [9.17, 15) is 8.42 Å². The van der Waals surface area contributed by atoms with Gasteiger partial charge in [0.1, 0.15) is 28.2 Å². The molecule has 0 radical (unpaired) electrons. The number of nitrogens with one attached hydrogen (secondary N) is 1. The number of anilines is 2. The van der Waals surface area contributed by atoms with Crippen LogP contribution >= 0.6 is 0 Å². The lowest BCUT2D eigenvalue weighted by Crippen LogP contribution is -2.28. The molecule has 4 aromatic rings. The average molecular weight is 469 g/mol. The Bertz CT molecular complexity index is 1420. The molecular formula is C21H24N8O3S. The summed E-state index contributed by atoms with van der Waals surface area (Å²) < 4.78 is 33.8. The second-order valence-electron chi connectivity index (χ2n) is 8.20. The van der Waals surface area contributed by atoms with Gasteiger partial charge in [-0.05, 0) is 33.3 Å². The molecule has 0 aromatic carbocycles. The van der Waals surface area contributed by atoms with E-state index in [-0.39, 0.29) is 12.6 Å². The maximum absolute atomic E-state index is 12.7. The number of hydrogen-bond donors (Lipinski definition) is 1. The lowest BCUT2D eigenvalue weighted by atomic mass is 10.3. The zero-order valence-corrected chi connectivity index (χ0v) is 19.3. The van der Waals surface area contributed by atoms with Crippen LogP contribution in [0.25, 0.3) is 22.4 Å². The minimum Gasteiger partial charge on any atom is -0.380 e. The summed E-state index contributed by atoms with van der Waals surface area (Å²) in [4.78, 5) is 17.8. The number of nitrogens with zero attached hydrogens (tertiary/aromatic N) is 7. The summed E-state index contributed by atoms with van der Waals surface area (Å²) in [5.41, 5.74) is 2.31. The Morgan fingerprint density at radius 2 is 2.03 bits per heavy atom. The van der Waals surface area contributed by atoms with Crippen LogP contribution < -0.4 is 5.32 Å². The first kappa shape index (κ1) is 21.5. The first-order valence-corrected chi connectivity index (χ1v) is 12.1. The lowest BCUT2D eigenvalue weighted by molar-refractivity contribution is 0.198. The maximum atomic E-state index is 12.7. The van der Waals surface area contributed by atoms with E-state index < -0.39 is 15.3 Å². The number of fused-ring (bicyclic) bond motifs is 1. The second kappa shape index (κ2) is 8.19. The van der Waals surface area contributed by atoms with Crippen molar-refractivity contribution in [3.63, 3.8) is 0 Å². The van der Waals surface area contributed by atoms with Gasteiger partial charge >= 0.3 is 0 Å². The number of aromatic nitrogens is 7. The van der Waals surface area contributed by atoms with Gasteiger partial charge in [0.15, 0.2) is 5.82 Å². The molecule has 1 aliphatic rings. The fourth-order valence-electron chi connectivity index (χ4n) is 4.00. The molecule has 1 unspecified atom stereocenters. The summed E-state index contributed by atoms with van der Waals surface area (Å²) in [7, 11) is -3.62. The van der Waals surface area contributed by atoms with Crippen LogP contribution in [0.3, 0.4) is 0 Å². The molecule has 1 saturated heterocycles.